The van der Waals surface area contributed by atoms with E-state index in [1.54, 1.807) is 0 Å². The van der Waals surface area contributed by atoms with Crippen LogP contribution in [0.15, 0.2) is 77.3 Å². The van der Waals surface area contributed by atoms with E-state index in [9.17, 15) is 5.26 Å². The number of benzene rings is 3. The average Bonchev–Trinajstić information content (AvgIpc) is 3.14. The van der Waals surface area contributed by atoms with Crippen molar-refractivity contribution in [1.29, 1.82) is 5.26 Å². The predicted molar refractivity (Wildman–Crippen MR) is 120 cm³/mol. The van der Waals surface area contributed by atoms with Crippen LogP contribution in [0.5, 0.6) is 0 Å². The SMILES string of the molecule is Cc1cc(C)c2c(oc3c(-c4ccccc4C#N)cccc32)c1-c1cccc[n+]1C. The summed E-state index contributed by atoms with van der Waals surface area (Å²) < 4.78 is 8.74. The highest BCUT2D eigenvalue weighted by Gasteiger charge is 2.23. The molecule has 2 aromatic heterocycles. The van der Waals surface area contributed by atoms with E-state index >= 15 is 0 Å². The number of hydrogen-bond donors (Lipinski definition) is 0. The molecule has 3 aromatic carbocycles. The van der Waals surface area contributed by atoms with E-state index < -0.39 is 0 Å². The van der Waals surface area contributed by atoms with Gasteiger partial charge in [-0.1, -0.05) is 42.5 Å². The van der Waals surface area contributed by atoms with Gasteiger partial charge in [0.2, 0.25) is 5.69 Å². The Kier molecular flexibility index (Phi) is 4.15. The van der Waals surface area contributed by atoms with Crippen LogP contribution in [-0.2, 0) is 7.05 Å². The maximum atomic E-state index is 9.61. The lowest BCUT2D eigenvalue weighted by atomic mass is 9.95. The summed E-state index contributed by atoms with van der Waals surface area (Å²) in [6.45, 7) is 4.27. The zero-order valence-corrected chi connectivity index (χ0v) is 17.2. The van der Waals surface area contributed by atoms with E-state index in [0.717, 1.165) is 44.3 Å². The Labute approximate surface area is 175 Å². The molecule has 0 spiro atoms. The summed E-state index contributed by atoms with van der Waals surface area (Å²) >= 11 is 0. The van der Waals surface area contributed by atoms with Crippen molar-refractivity contribution in [3.8, 4) is 28.5 Å². The normalized spacial score (nSPS) is 11.1. The van der Waals surface area contributed by atoms with Crippen LogP contribution in [0.25, 0.3) is 44.3 Å². The maximum Gasteiger partial charge on any atom is 0.216 e. The molecule has 0 radical (unpaired) electrons. The molecule has 2 heterocycles. The standard InChI is InChI=1S/C27H21N2O/c1-17-15-18(2)25(23-13-6-7-14-29(23)3)27-24(17)22-12-8-11-21(26(22)30-27)20-10-5-4-9-19(20)16-28/h4-15H,1-3H3/q+1. The molecule has 0 aliphatic rings. The molecule has 5 rings (SSSR count). The number of nitrogens with zero attached hydrogens (tertiary/aromatic N) is 2. The Morgan fingerprint density at radius 1 is 0.833 bits per heavy atom. The van der Waals surface area contributed by atoms with Crippen LogP contribution in [0, 0.1) is 25.2 Å². The zero-order valence-electron chi connectivity index (χ0n) is 17.2. The molecule has 30 heavy (non-hydrogen) atoms. The monoisotopic (exact) mass is 389 g/mol. The van der Waals surface area contributed by atoms with E-state index in [0.29, 0.717) is 5.56 Å². The first-order chi connectivity index (χ1) is 14.6. The van der Waals surface area contributed by atoms with Crippen LogP contribution < -0.4 is 4.57 Å². The molecule has 0 bridgehead atoms. The minimum Gasteiger partial charge on any atom is -0.454 e. The summed E-state index contributed by atoms with van der Waals surface area (Å²) in [5.74, 6) is 0. The number of aromatic nitrogens is 1. The molecule has 144 valence electrons. The Morgan fingerprint density at radius 2 is 1.60 bits per heavy atom. The number of furan rings is 1. The first-order valence-electron chi connectivity index (χ1n) is 10.00. The van der Waals surface area contributed by atoms with Crippen molar-refractivity contribution < 1.29 is 8.98 Å². The van der Waals surface area contributed by atoms with Crippen LogP contribution in [0.2, 0.25) is 0 Å². The highest BCUT2D eigenvalue weighted by Crippen LogP contribution is 2.42. The van der Waals surface area contributed by atoms with E-state index in [1.807, 2.05) is 42.5 Å². The van der Waals surface area contributed by atoms with Crippen LogP contribution in [0.3, 0.4) is 0 Å². The lowest BCUT2D eigenvalue weighted by molar-refractivity contribution is -0.660. The van der Waals surface area contributed by atoms with Gasteiger partial charge in [-0.15, -0.1) is 0 Å². The molecule has 0 N–H and O–H groups in total. The van der Waals surface area contributed by atoms with Gasteiger partial charge in [0.1, 0.15) is 18.2 Å². The van der Waals surface area contributed by atoms with Crippen LogP contribution >= 0.6 is 0 Å². The molecule has 0 saturated heterocycles. The highest BCUT2D eigenvalue weighted by atomic mass is 16.3. The predicted octanol–water partition coefficient (Wildman–Crippen LogP) is 6.23. The number of rotatable bonds is 2. The summed E-state index contributed by atoms with van der Waals surface area (Å²) in [5.41, 5.74) is 8.79. The topological polar surface area (TPSA) is 40.8 Å². The van der Waals surface area contributed by atoms with Crippen molar-refractivity contribution in [2.24, 2.45) is 7.05 Å². The van der Waals surface area contributed by atoms with E-state index in [4.69, 9.17) is 4.42 Å². The van der Waals surface area contributed by atoms with Gasteiger partial charge in [0.15, 0.2) is 6.20 Å². The number of pyridine rings is 1. The third-order valence-electron chi connectivity index (χ3n) is 5.81. The smallest absolute Gasteiger partial charge is 0.216 e. The molecule has 0 atom stereocenters. The van der Waals surface area contributed by atoms with Crippen molar-refractivity contribution >= 4 is 21.9 Å². The fourth-order valence-electron chi connectivity index (χ4n) is 4.46. The van der Waals surface area contributed by atoms with Crippen molar-refractivity contribution in [3.63, 3.8) is 0 Å². The second kappa shape index (κ2) is 6.86. The Balaban J connectivity index is 1.93. The van der Waals surface area contributed by atoms with Gasteiger partial charge in [0.05, 0.1) is 17.2 Å². The second-order valence-corrected chi connectivity index (χ2v) is 7.73. The number of hydrogen-bond acceptors (Lipinski definition) is 2. The Bertz CT molecular complexity index is 1480. The molecule has 3 nitrogen and oxygen atoms in total. The lowest BCUT2D eigenvalue weighted by Crippen LogP contribution is -2.30. The molecule has 0 fully saturated rings. The number of nitriles is 1. The summed E-state index contributed by atoms with van der Waals surface area (Å²) in [4.78, 5) is 0. The van der Waals surface area contributed by atoms with E-state index in [2.05, 4.69) is 62.0 Å². The minimum atomic E-state index is 0.646. The van der Waals surface area contributed by atoms with Crippen LogP contribution in [0.1, 0.15) is 16.7 Å². The first kappa shape index (κ1) is 18.1. The van der Waals surface area contributed by atoms with Gasteiger partial charge < -0.3 is 4.42 Å². The van der Waals surface area contributed by atoms with Gasteiger partial charge >= 0.3 is 0 Å². The van der Waals surface area contributed by atoms with Crippen molar-refractivity contribution in [2.75, 3.05) is 0 Å². The first-order valence-corrected chi connectivity index (χ1v) is 10.00. The lowest BCUT2D eigenvalue weighted by Gasteiger charge is -2.07. The third-order valence-corrected chi connectivity index (χ3v) is 5.81. The van der Waals surface area contributed by atoms with Gasteiger partial charge in [-0.25, -0.2) is 4.57 Å². The molecule has 0 amide bonds. The van der Waals surface area contributed by atoms with E-state index in [1.165, 1.54) is 11.1 Å². The summed E-state index contributed by atoms with van der Waals surface area (Å²) in [6.07, 6.45) is 2.05. The van der Waals surface area contributed by atoms with Crippen molar-refractivity contribution in [2.45, 2.75) is 13.8 Å². The zero-order chi connectivity index (χ0) is 20.8. The molecule has 5 aromatic rings. The molecular weight excluding hydrogens is 368 g/mol. The van der Waals surface area contributed by atoms with Gasteiger partial charge in [0, 0.05) is 34.0 Å². The van der Waals surface area contributed by atoms with Crippen molar-refractivity contribution in [1.82, 2.24) is 0 Å². The summed E-state index contributed by atoms with van der Waals surface area (Å²) in [6, 6.07) is 24.6. The van der Waals surface area contributed by atoms with Gasteiger partial charge in [-0.05, 0) is 37.1 Å². The highest BCUT2D eigenvalue weighted by molar-refractivity contribution is 6.14. The van der Waals surface area contributed by atoms with Crippen molar-refractivity contribution in [3.05, 3.63) is 89.6 Å². The second-order valence-electron chi connectivity index (χ2n) is 7.73. The van der Waals surface area contributed by atoms with Gasteiger partial charge in [-0.2, -0.15) is 5.26 Å². The molecule has 3 heteroatoms. The summed E-state index contributed by atoms with van der Waals surface area (Å²) in [5, 5.41) is 11.8. The molecule has 0 aliphatic carbocycles. The maximum absolute atomic E-state index is 9.61. The number of para-hydroxylation sites is 1. The van der Waals surface area contributed by atoms with E-state index in [-0.39, 0.29) is 0 Å². The largest absolute Gasteiger partial charge is 0.454 e. The molecule has 0 saturated carbocycles. The van der Waals surface area contributed by atoms with Gasteiger partial charge in [-0.3, -0.25) is 0 Å². The molecular formula is C27H21N2O+. The van der Waals surface area contributed by atoms with Crippen LogP contribution in [0.4, 0.5) is 0 Å². The van der Waals surface area contributed by atoms with Gasteiger partial charge in [0.25, 0.3) is 0 Å². The van der Waals surface area contributed by atoms with Crippen LogP contribution in [-0.4, -0.2) is 0 Å². The quantitative estimate of drug-likeness (QED) is 0.336. The molecule has 0 aliphatic heterocycles. The number of fused-ring (bicyclic) bond motifs is 3. The fourth-order valence-corrected chi connectivity index (χ4v) is 4.46. The number of aryl methyl sites for hydroxylation is 3. The Morgan fingerprint density at radius 3 is 2.40 bits per heavy atom. The summed E-state index contributed by atoms with van der Waals surface area (Å²) in [7, 11) is 2.05. The Hall–Kier alpha value is -3.90. The average molecular weight is 389 g/mol. The third kappa shape index (κ3) is 2.62. The fraction of sp³-hybridized carbons (Fsp3) is 0.111. The molecule has 0 unspecified atom stereocenters. The minimum absolute atomic E-state index is 0.646.